The molecule has 0 saturated heterocycles. The van der Waals surface area contributed by atoms with Gasteiger partial charge in [0, 0.05) is 17.6 Å². The molecular formula is C16H20N4O2S. The van der Waals surface area contributed by atoms with Crippen LogP contribution in [0.3, 0.4) is 0 Å². The Labute approximate surface area is 139 Å². The Bertz CT molecular complexity index is 641. The Balaban J connectivity index is 1.63. The lowest BCUT2D eigenvalue weighted by Gasteiger charge is -2.20. The number of hydrogen-bond acceptors (Lipinski definition) is 5. The number of carbonyl (C=O) groups is 1. The van der Waals surface area contributed by atoms with Crippen LogP contribution in [0.1, 0.15) is 43.1 Å². The van der Waals surface area contributed by atoms with Crippen LogP contribution in [0.5, 0.6) is 5.88 Å². The number of amides is 2. The van der Waals surface area contributed by atoms with E-state index in [9.17, 15) is 4.79 Å². The van der Waals surface area contributed by atoms with E-state index >= 15 is 0 Å². The summed E-state index contributed by atoms with van der Waals surface area (Å²) < 4.78 is 5.08. The molecule has 2 N–H and O–H groups in total. The summed E-state index contributed by atoms with van der Waals surface area (Å²) in [5, 5.41) is 7.95. The minimum absolute atomic E-state index is 0.0176. The zero-order valence-electron chi connectivity index (χ0n) is 13.2. The molecule has 2 amide bonds. The molecule has 122 valence electrons. The Morgan fingerprint density at radius 2 is 2.17 bits per heavy atom. The summed E-state index contributed by atoms with van der Waals surface area (Å²) in [6.07, 6.45) is 4.02. The van der Waals surface area contributed by atoms with Crippen molar-refractivity contribution in [2.24, 2.45) is 5.92 Å². The smallest absolute Gasteiger partial charge is 0.315 e. The summed E-state index contributed by atoms with van der Waals surface area (Å²) in [6.45, 7) is 1.93. The van der Waals surface area contributed by atoms with Gasteiger partial charge in [0.1, 0.15) is 0 Å². The van der Waals surface area contributed by atoms with Gasteiger partial charge in [-0.2, -0.15) is 0 Å². The highest BCUT2D eigenvalue weighted by Crippen LogP contribution is 2.41. The summed E-state index contributed by atoms with van der Waals surface area (Å²) in [5.41, 5.74) is 3.64. The highest BCUT2D eigenvalue weighted by molar-refractivity contribution is 7.07. The van der Waals surface area contributed by atoms with E-state index in [0.29, 0.717) is 11.8 Å². The number of thiazole rings is 1. The number of carbonyl (C=O) groups excluding carboxylic acids is 1. The van der Waals surface area contributed by atoms with Crippen LogP contribution in [0.4, 0.5) is 4.79 Å². The molecule has 2 unspecified atom stereocenters. The van der Waals surface area contributed by atoms with Crippen molar-refractivity contribution < 1.29 is 9.53 Å². The van der Waals surface area contributed by atoms with Gasteiger partial charge in [0.2, 0.25) is 5.88 Å². The Morgan fingerprint density at radius 3 is 2.74 bits per heavy atom. The number of methoxy groups -OCH3 is 1. The quantitative estimate of drug-likeness (QED) is 0.852. The van der Waals surface area contributed by atoms with Gasteiger partial charge >= 0.3 is 6.03 Å². The van der Waals surface area contributed by atoms with E-state index in [1.54, 1.807) is 18.8 Å². The van der Waals surface area contributed by atoms with Gasteiger partial charge in [0.05, 0.1) is 30.4 Å². The van der Waals surface area contributed by atoms with E-state index in [2.05, 4.69) is 20.6 Å². The number of pyridine rings is 1. The first-order valence-electron chi connectivity index (χ1n) is 7.62. The minimum Gasteiger partial charge on any atom is -0.481 e. The lowest BCUT2D eigenvalue weighted by molar-refractivity contribution is 0.232. The zero-order chi connectivity index (χ0) is 16.2. The third kappa shape index (κ3) is 3.98. The number of nitrogens with one attached hydrogen (secondary N) is 2. The van der Waals surface area contributed by atoms with E-state index in [1.165, 1.54) is 11.3 Å². The van der Waals surface area contributed by atoms with E-state index in [-0.39, 0.29) is 18.1 Å². The fourth-order valence-electron chi connectivity index (χ4n) is 2.49. The fraction of sp³-hybridized carbons (Fsp3) is 0.438. The van der Waals surface area contributed by atoms with Crippen molar-refractivity contribution >= 4 is 17.4 Å². The molecule has 1 aliphatic rings. The third-order valence-corrected chi connectivity index (χ3v) is 4.55. The van der Waals surface area contributed by atoms with E-state index in [4.69, 9.17) is 4.74 Å². The first-order valence-corrected chi connectivity index (χ1v) is 8.56. The number of ether oxygens (including phenoxy) is 1. The molecule has 1 saturated carbocycles. The van der Waals surface area contributed by atoms with Crippen molar-refractivity contribution in [3.8, 4) is 5.88 Å². The maximum absolute atomic E-state index is 12.3. The first-order chi connectivity index (χ1) is 11.2. The predicted octanol–water partition coefficient (Wildman–Crippen LogP) is 3.06. The molecule has 2 heterocycles. The van der Waals surface area contributed by atoms with Gasteiger partial charge in [0.25, 0.3) is 0 Å². The van der Waals surface area contributed by atoms with E-state index < -0.39 is 0 Å². The zero-order valence-corrected chi connectivity index (χ0v) is 14.0. The van der Waals surface area contributed by atoms with E-state index in [0.717, 1.165) is 24.1 Å². The maximum atomic E-state index is 12.3. The lowest BCUT2D eigenvalue weighted by atomic mass is 10.0. The van der Waals surface area contributed by atoms with Crippen molar-refractivity contribution in [3.63, 3.8) is 0 Å². The van der Waals surface area contributed by atoms with E-state index in [1.807, 2.05) is 24.4 Å². The number of rotatable bonds is 6. The predicted molar refractivity (Wildman–Crippen MR) is 88.5 cm³/mol. The summed E-state index contributed by atoms with van der Waals surface area (Å²) in [4.78, 5) is 20.8. The number of aromatic nitrogens is 2. The molecule has 23 heavy (non-hydrogen) atoms. The average Bonchev–Trinajstić information content (AvgIpc) is 3.25. The average molecular weight is 332 g/mol. The van der Waals surface area contributed by atoms with Gasteiger partial charge in [-0.05, 0) is 31.2 Å². The largest absolute Gasteiger partial charge is 0.481 e. The number of urea groups is 1. The number of hydrogen-bond donors (Lipinski definition) is 2. The van der Waals surface area contributed by atoms with Crippen LogP contribution < -0.4 is 15.4 Å². The van der Waals surface area contributed by atoms with Crippen molar-refractivity contribution in [1.29, 1.82) is 0 Å². The minimum atomic E-state index is -0.182. The lowest BCUT2D eigenvalue weighted by Crippen LogP contribution is -2.40. The van der Waals surface area contributed by atoms with Gasteiger partial charge < -0.3 is 15.4 Å². The van der Waals surface area contributed by atoms with Gasteiger partial charge in [-0.25, -0.2) is 14.8 Å². The number of nitrogens with zero attached hydrogens (tertiary/aromatic N) is 2. The molecule has 1 aliphatic carbocycles. The van der Waals surface area contributed by atoms with Crippen LogP contribution in [0, 0.1) is 5.92 Å². The second-order valence-electron chi connectivity index (χ2n) is 5.70. The van der Waals surface area contributed by atoms with Crippen LogP contribution in [0.25, 0.3) is 0 Å². The van der Waals surface area contributed by atoms with Crippen molar-refractivity contribution in [3.05, 3.63) is 40.5 Å². The fourth-order valence-corrected chi connectivity index (χ4v) is 3.14. The molecule has 0 aromatic carbocycles. The van der Waals surface area contributed by atoms with Crippen molar-refractivity contribution in [2.75, 3.05) is 7.11 Å². The van der Waals surface area contributed by atoms with Gasteiger partial charge in [-0.15, -0.1) is 11.3 Å². The first kappa shape index (κ1) is 15.7. The Morgan fingerprint density at radius 1 is 1.35 bits per heavy atom. The monoisotopic (exact) mass is 332 g/mol. The summed E-state index contributed by atoms with van der Waals surface area (Å²) in [7, 11) is 1.59. The topological polar surface area (TPSA) is 76.1 Å². The SMILES string of the molecule is COc1ccc(C(NC(=O)NC(C)c2cscn2)C2CC2)cn1. The molecule has 0 aliphatic heterocycles. The van der Waals surface area contributed by atoms with Crippen molar-refractivity contribution in [1.82, 2.24) is 20.6 Å². The molecule has 0 bridgehead atoms. The molecule has 1 fully saturated rings. The molecule has 7 heteroatoms. The van der Waals surface area contributed by atoms with Gasteiger partial charge in [0.15, 0.2) is 0 Å². The van der Waals surface area contributed by atoms with Gasteiger partial charge in [-0.1, -0.05) is 6.07 Å². The summed E-state index contributed by atoms with van der Waals surface area (Å²) >= 11 is 1.52. The Kier molecular flexibility index (Phi) is 4.76. The highest BCUT2D eigenvalue weighted by Gasteiger charge is 2.34. The third-order valence-electron chi connectivity index (χ3n) is 3.95. The highest BCUT2D eigenvalue weighted by atomic mass is 32.1. The standard InChI is InChI=1S/C16H20N4O2S/c1-10(13-8-23-9-18-13)19-16(21)20-15(11-3-4-11)12-5-6-14(22-2)17-7-12/h5-11,15H,3-4H2,1-2H3,(H2,19,20,21). The van der Waals surface area contributed by atoms with Crippen LogP contribution in [-0.4, -0.2) is 23.1 Å². The molecule has 0 spiro atoms. The Hall–Kier alpha value is -2.15. The molecule has 2 aromatic heterocycles. The second kappa shape index (κ2) is 6.95. The molecule has 0 radical (unpaired) electrons. The summed E-state index contributed by atoms with van der Waals surface area (Å²) in [6, 6.07) is 3.46. The van der Waals surface area contributed by atoms with Crippen LogP contribution in [0.2, 0.25) is 0 Å². The molecule has 2 aromatic rings. The second-order valence-corrected chi connectivity index (χ2v) is 6.42. The molecule has 6 nitrogen and oxygen atoms in total. The van der Waals surface area contributed by atoms with Crippen LogP contribution in [0.15, 0.2) is 29.2 Å². The van der Waals surface area contributed by atoms with Crippen LogP contribution >= 0.6 is 11.3 Å². The summed E-state index contributed by atoms with van der Waals surface area (Å²) in [5.74, 6) is 1.05. The van der Waals surface area contributed by atoms with Crippen molar-refractivity contribution in [2.45, 2.75) is 31.8 Å². The molecule has 3 rings (SSSR count). The normalized spacial score (nSPS) is 16.4. The molecular weight excluding hydrogens is 312 g/mol. The van der Waals surface area contributed by atoms with Gasteiger partial charge in [-0.3, -0.25) is 0 Å². The maximum Gasteiger partial charge on any atom is 0.315 e. The molecule has 2 atom stereocenters. The van der Waals surface area contributed by atoms with Crippen LogP contribution in [-0.2, 0) is 0 Å².